The van der Waals surface area contributed by atoms with Gasteiger partial charge >= 0.3 is 6.85 Å². The molecule has 1 aliphatic carbocycles. The molecule has 0 amide bonds. The van der Waals surface area contributed by atoms with E-state index < -0.39 is 0 Å². The minimum Gasteiger partial charge on any atom is -0.456 e. The Labute approximate surface area is 329 Å². The van der Waals surface area contributed by atoms with E-state index in [0.717, 1.165) is 11.2 Å². The molecule has 262 valence electrons. The molecule has 1 aromatic heterocycles. The van der Waals surface area contributed by atoms with E-state index in [2.05, 4.69) is 175 Å². The van der Waals surface area contributed by atoms with Crippen LogP contribution in [0.3, 0.4) is 0 Å². The van der Waals surface area contributed by atoms with Crippen LogP contribution in [0.25, 0.3) is 55.0 Å². The van der Waals surface area contributed by atoms with E-state index in [4.69, 9.17) is 4.42 Å². The van der Waals surface area contributed by atoms with Crippen molar-refractivity contribution in [2.75, 3.05) is 9.71 Å². The van der Waals surface area contributed by atoms with Crippen LogP contribution in [-0.2, 0) is 5.41 Å². The summed E-state index contributed by atoms with van der Waals surface area (Å²) in [7, 11) is 0. The maximum Gasteiger partial charge on any atom is 0.333 e. The van der Waals surface area contributed by atoms with E-state index in [0.29, 0.717) is 0 Å². The van der Waals surface area contributed by atoms with Gasteiger partial charge in [0, 0.05) is 61.4 Å². The molecule has 2 unspecified atom stereocenters. The first-order valence-corrected chi connectivity index (χ1v) is 20.7. The van der Waals surface area contributed by atoms with Gasteiger partial charge < -0.3 is 14.1 Å². The second-order valence-corrected chi connectivity index (χ2v) is 17.9. The largest absolute Gasteiger partial charge is 0.456 e. The fraction of sp³-hybridized carbons (Fsp3) is 0.0980. The number of fused-ring (bicyclic) bond motifs is 17. The molecule has 0 radical (unpaired) electrons. The monoisotopic (exact) mass is 732 g/mol. The first-order chi connectivity index (χ1) is 27.5. The molecule has 8 aromatic carbocycles. The zero-order valence-corrected chi connectivity index (χ0v) is 31.7. The highest BCUT2D eigenvalue weighted by atomic mass is 32.2. The van der Waals surface area contributed by atoms with E-state index in [1.165, 1.54) is 105 Å². The molecule has 5 aliphatic rings. The maximum absolute atomic E-state index is 6.86. The number of benzene rings is 8. The molecule has 56 heavy (non-hydrogen) atoms. The summed E-state index contributed by atoms with van der Waals surface area (Å²) >= 11 is 2.02. The summed E-state index contributed by atoms with van der Waals surface area (Å²) in [4.78, 5) is 6.79. The molecule has 5 heteroatoms. The van der Waals surface area contributed by atoms with Gasteiger partial charge in [-0.1, -0.05) is 135 Å². The summed E-state index contributed by atoms with van der Waals surface area (Å²) in [5.41, 5.74) is 20.5. The van der Waals surface area contributed by atoms with Gasteiger partial charge in [0.2, 0.25) is 0 Å². The van der Waals surface area contributed by atoms with Gasteiger partial charge in [0.1, 0.15) is 11.2 Å². The predicted molar refractivity (Wildman–Crippen MR) is 234 cm³/mol. The number of para-hydroxylation sites is 2. The summed E-state index contributed by atoms with van der Waals surface area (Å²) in [6.07, 6.45) is 0. The SMILES string of the molecule is CC1(C)c2ccccc2-c2ccc(N3B4c5cccc6c5N(c5cc7oc8ccccc8c7c(c54)-c4cc5ccccc5cc43)C3Sc4ccccc4C63)cc21. The van der Waals surface area contributed by atoms with Crippen molar-refractivity contribution >= 4 is 85.0 Å². The average molecular weight is 733 g/mol. The number of nitrogens with zero attached hydrogens (tertiary/aromatic N) is 2. The fourth-order valence-electron chi connectivity index (χ4n) is 11.4. The molecular formula is C51H33BN2OS. The van der Waals surface area contributed by atoms with Crippen molar-refractivity contribution in [3.05, 3.63) is 174 Å². The Kier molecular flexibility index (Phi) is 5.47. The molecule has 0 spiro atoms. The van der Waals surface area contributed by atoms with Crippen LogP contribution in [0.2, 0.25) is 0 Å². The van der Waals surface area contributed by atoms with Gasteiger partial charge in [-0.25, -0.2) is 0 Å². The van der Waals surface area contributed by atoms with Crippen LogP contribution >= 0.6 is 11.8 Å². The van der Waals surface area contributed by atoms with Gasteiger partial charge in [0.05, 0.1) is 5.37 Å². The molecule has 2 atom stereocenters. The van der Waals surface area contributed by atoms with Gasteiger partial charge in [-0.15, -0.1) is 0 Å². The number of thioether (sulfide) groups is 1. The molecule has 9 aromatic rings. The van der Waals surface area contributed by atoms with Crippen molar-refractivity contribution in [3.8, 4) is 22.3 Å². The standard InChI is InChI=1S/C51H33BN2OS/c1-51(2)37-18-8-5-14-31(37)32-23-22-30(26-38(32)51)54-40-25-29-13-4-3-12-28(29)24-36(40)47-46-33-15-6-9-20-42(33)55-43(46)27-41-48(47)52(54)39-19-11-17-35-45-34-16-7-10-21-44(34)56-50(45)53(41)49(35)39/h3-27,45,50H,1-2H3. The normalized spacial score (nSPS) is 18.5. The third-order valence-corrected chi connectivity index (χ3v) is 15.1. The first kappa shape index (κ1) is 30.1. The minimum atomic E-state index is -0.117. The summed E-state index contributed by atoms with van der Waals surface area (Å²) in [5.74, 6) is 0.283. The molecule has 5 heterocycles. The van der Waals surface area contributed by atoms with Crippen LogP contribution in [0.15, 0.2) is 161 Å². The molecule has 14 rings (SSSR count). The molecule has 0 saturated carbocycles. The van der Waals surface area contributed by atoms with Crippen LogP contribution in [0.5, 0.6) is 0 Å². The first-order valence-electron chi connectivity index (χ1n) is 19.8. The zero-order chi connectivity index (χ0) is 36.6. The minimum absolute atomic E-state index is 0.0538. The Morgan fingerprint density at radius 2 is 1.39 bits per heavy atom. The Hall–Kier alpha value is -6.17. The van der Waals surface area contributed by atoms with Crippen molar-refractivity contribution in [2.24, 2.45) is 0 Å². The summed E-state index contributed by atoms with van der Waals surface area (Å²) in [5, 5.41) is 5.10. The molecule has 0 saturated heterocycles. The second-order valence-electron chi connectivity index (χ2n) is 16.7. The number of rotatable bonds is 1. The Balaban J connectivity index is 1.13. The van der Waals surface area contributed by atoms with Crippen LogP contribution in [0.1, 0.15) is 42.0 Å². The highest BCUT2D eigenvalue weighted by molar-refractivity contribution is 8.00. The topological polar surface area (TPSA) is 19.6 Å². The molecule has 4 aliphatic heterocycles. The Morgan fingerprint density at radius 3 is 2.32 bits per heavy atom. The van der Waals surface area contributed by atoms with Crippen molar-refractivity contribution < 1.29 is 4.42 Å². The van der Waals surface area contributed by atoms with Crippen LogP contribution in [0.4, 0.5) is 22.7 Å². The lowest BCUT2D eigenvalue weighted by atomic mass is 9.43. The van der Waals surface area contributed by atoms with Crippen molar-refractivity contribution in [2.45, 2.75) is 35.4 Å². The summed E-state index contributed by atoms with van der Waals surface area (Å²) in [6, 6.07) is 57.3. The van der Waals surface area contributed by atoms with E-state index in [9.17, 15) is 0 Å². The van der Waals surface area contributed by atoms with Crippen LogP contribution < -0.4 is 20.6 Å². The molecule has 0 fully saturated rings. The highest BCUT2D eigenvalue weighted by Crippen LogP contribution is 2.61. The summed E-state index contributed by atoms with van der Waals surface area (Å²) in [6.45, 7) is 4.73. The zero-order valence-electron chi connectivity index (χ0n) is 30.9. The second kappa shape index (κ2) is 10.2. The van der Waals surface area contributed by atoms with Gasteiger partial charge in [0.25, 0.3) is 0 Å². The van der Waals surface area contributed by atoms with E-state index >= 15 is 0 Å². The maximum atomic E-state index is 6.86. The number of hydrogen-bond donors (Lipinski definition) is 0. The van der Waals surface area contributed by atoms with Gasteiger partial charge in [-0.3, -0.25) is 0 Å². The number of hydrogen-bond acceptors (Lipinski definition) is 4. The van der Waals surface area contributed by atoms with Gasteiger partial charge in [-0.05, 0) is 97.0 Å². The fourth-order valence-corrected chi connectivity index (χ4v) is 12.9. The summed E-state index contributed by atoms with van der Waals surface area (Å²) < 4.78 is 6.86. The predicted octanol–water partition coefficient (Wildman–Crippen LogP) is 12.0. The third kappa shape index (κ3) is 3.51. The van der Waals surface area contributed by atoms with E-state index in [1.54, 1.807) is 0 Å². The molecule has 0 bridgehead atoms. The van der Waals surface area contributed by atoms with Crippen molar-refractivity contribution in [1.82, 2.24) is 0 Å². The molecular weight excluding hydrogens is 699 g/mol. The highest BCUT2D eigenvalue weighted by Gasteiger charge is 2.54. The lowest BCUT2D eigenvalue weighted by Crippen LogP contribution is -2.62. The Bertz CT molecular complexity index is 3270. The number of anilines is 4. The lowest BCUT2D eigenvalue weighted by molar-refractivity contribution is 0.660. The van der Waals surface area contributed by atoms with Crippen molar-refractivity contribution in [3.63, 3.8) is 0 Å². The van der Waals surface area contributed by atoms with Crippen LogP contribution in [0, 0.1) is 0 Å². The van der Waals surface area contributed by atoms with E-state index in [-0.39, 0.29) is 23.6 Å². The van der Waals surface area contributed by atoms with Gasteiger partial charge in [0.15, 0.2) is 0 Å². The Morgan fingerprint density at radius 1 is 0.625 bits per heavy atom. The van der Waals surface area contributed by atoms with E-state index in [1.807, 2.05) is 11.8 Å². The van der Waals surface area contributed by atoms with Crippen molar-refractivity contribution in [1.29, 1.82) is 0 Å². The van der Waals surface area contributed by atoms with Crippen LogP contribution in [-0.4, -0.2) is 12.2 Å². The molecule has 3 nitrogen and oxygen atoms in total. The molecule has 0 N–H and O–H groups in total. The average Bonchev–Trinajstić information content (AvgIpc) is 3.95. The van der Waals surface area contributed by atoms with Gasteiger partial charge in [-0.2, -0.15) is 0 Å². The number of furan rings is 1. The lowest BCUT2D eigenvalue weighted by Gasteiger charge is -2.46. The third-order valence-electron chi connectivity index (χ3n) is 13.7. The smallest absolute Gasteiger partial charge is 0.333 e. The quantitative estimate of drug-likeness (QED) is 0.157.